The van der Waals surface area contributed by atoms with Crippen LogP contribution in [-0.2, 0) is 9.09 Å². The third-order valence-electron chi connectivity index (χ3n) is 2.57. The molecule has 0 aliphatic heterocycles. The monoisotopic (exact) mass is 208 g/mol. The van der Waals surface area contributed by atoms with Crippen LogP contribution in [0.25, 0.3) is 0 Å². The summed E-state index contributed by atoms with van der Waals surface area (Å²) in [4.78, 5) is 17.2. The van der Waals surface area contributed by atoms with Crippen LogP contribution in [-0.4, -0.2) is 15.9 Å². The first-order chi connectivity index (χ1) is 5.79. The Hall–Kier alpha value is 0.110. The Bertz CT molecular complexity index is 210. The molecule has 0 aromatic carbocycles. The van der Waals surface area contributed by atoms with Gasteiger partial charge in [0.25, 0.3) is 0 Å². The second-order valence-electron chi connectivity index (χ2n) is 4.46. The van der Waals surface area contributed by atoms with E-state index < -0.39 is 7.82 Å². The van der Waals surface area contributed by atoms with Crippen molar-refractivity contribution in [1.29, 1.82) is 0 Å². The first-order valence-corrected chi connectivity index (χ1v) is 6.05. The maximum atomic E-state index is 10.5. The van der Waals surface area contributed by atoms with Crippen LogP contribution in [0, 0.1) is 5.41 Å². The molecule has 1 fully saturated rings. The number of rotatable bonds is 2. The lowest BCUT2D eigenvalue weighted by Gasteiger charge is -2.33. The highest BCUT2D eigenvalue weighted by Gasteiger charge is 2.30. The highest BCUT2D eigenvalue weighted by atomic mass is 31.2. The molecule has 1 aliphatic rings. The molecule has 0 bridgehead atoms. The molecule has 0 aromatic heterocycles. The highest BCUT2D eigenvalue weighted by Crippen LogP contribution is 2.44. The fourth-order valence-electron chi connectivity index (χ4n) is 1.67. The molecule has 78 valence electrons. The molecule has 1 saturated carbocycles. The summed E-state index contributed by atoms with van der Waals surface area (Å²) in [5, 5.41) is 0. The minimum absolute atomic E-state index is 0.256. The van der Waals surface area contributed by atoms with Crippen LogP contribution in [0.3, 0.4) is 0 Å². The molecule has 0 heterocycles. The lowest BCUT2D eigenvalue weighted by Crippen LogP contribution is -2.25. The average molecular weight is 208 g/mol. The maximum Gasteiger partial charge on any atom is 0.469 e. The lowest BCUT2D eigenvalue weighted by molar-refractivity contribution is 0.0686. The van der Waals surface area contributed by atoms with Crippen molar-refractivity contribution in [2.45, 2.75) is 45.6 Å². The standard InChI is InChI=1S/C8H17O4P/c1-8(2)5-3-7(4-6-8)12-13(9,10)11/h7H,3-6H2,1-2H3,(H2,9,10,11). The Kier molecular flexibility index (Phi) is 3.18. The van der Waals surface area contributed by atoms with Gasteiger partial charge in [-0.2, -0.15) is 0 Å². The molecule has 0 spiro atoms. The SMILES string of the molecule is CC1(C)CCC(OP(=O)(O)O)CC1. The minimum Gasteiger partial charge on any atom is -0.303 e. The highest BCUT2D eigenvalue weighted by molar-refractivity contribution is 7.46. The molecule has 1 rings (SSSR count). The van der Waals surface area contributed by atoms with Crippen LogP contribution in [0.4, 0.5) is 0 Å². The number of phosphoric acid groups is 1. The van der Waals surface area contributed by atoms with E-state index in [4.69, 9.17) is 9.79 Å². The molecule has 0 radical (unpaired) electrons. The molecule has 5 heteroatoms. The zero-order chi connectivity index (χ0) is 10.1. The third-order valence-corrected chi connectivity index (χ3v) is 3.15. The van der Waals surface area contributed by atoms with E-state index in [-0.39, 0.29) is 6.10 Å². The second-order valence-corrected chi connectivity index (χ2v) is 5.65. The van der Waals surface area contributed by atoms with E-state index in [1.807, 2.05) is 0 Å². The first-order valence-electron chi connectivity index (χ1n) is 4.52. The molecular formula is C8H17O4P. The fraction of sp³-hybridized carbons (Fsp3) is 1.00. The van der Waals surface area contributed by atoms with Crippen molar-refractivity contribution in [2.24, 2.45) is 5.41 Å². The van der Waals surface area contributed by atoms with E-state index in [1.165, 1.54) is 0 Å². The van der Waals surface area contributed by atoms with Gasteiger partial charge in [0, 0.05) is 0 Å². The maximum absolute atomic E-state index is 10.5. The summed E-state index contributed by atoms with van der Waals surface area (Å²) in [6, 6.07) is 0. The van der Waals surface area contributed by atoms with Crippen molar-refractivity contribution in [3.63, 3.8) is 0 Å². The van der Waals surface area contributed by atoms with E-state index in [9.17, 15) is 4.57 Å². The number of phosphoric ester groups is 1. The van der Waals surface area contributed by atoms with Crippen molar-refractivity contribution in [1.82, 2.24) is 0 Å². The number of hydrogen-bond donors (Lipinski definition) is 2. The van der Waals surface area contributed by atoms with Crippen LogP contribution in [0.5, 0.6) is 0 Å². The first kappa shape index (κ1) is 11.2. The summed E-state index contributed by atoms with van der Waals surface area (Å²) in [6.07, 6.45) is 3.18. The van der Waals surface area contributed by atoms with Crippen molar-refractivity contribution in [2.75, 3.05) is 0 Å². The molecule has 0 saturated heterocycles. The Labute approximate surface area is 78.5 Å². The lowest BCUT2D eigenvalue weighted by atomic mass is 9.76. The van der Waals surface area contributed by atoms with Gasteiger partial charge < -0.3 is 9.79 Å². The Balaban J connectivity index is 2.38. The summed E-state index contributed by atoms with van der Waals surface area (Å²) >= 11 is 0. The normalized spacial score (nSPS) is 24.6. The van der Waals surface area contributed by atoms with Gasteiger partial charge >= 0.3 is 7.82 Å². The van der Waals surface area contributed by atoms with Gasteiger partial charge in [-0.3, -0.25) is 4.52 Å². The van der Waals surface area contributed by atoms with E-state index in [2.05, 4.69) is 18.4 Å². The van der Waals surface area contributed by atoms with Crippen molar-refractivity contribution < 1.29 is 18.9 Å². The van der Waals surface area contributed by atoms with E-state index in [0.29, 0.717) is 5.41 Å². The van der Waals surface area contributed by atoms with Gasteiger partial charge in [0.1, 0.15) is 0 Å². The van der Waals surface area contributed by atoms with Gasteiger partial charge in [-0.05, 0) is 31.1 Å². The Morgan fingerprint density at radius 2 is 1.77 bits per heavy atom. The van der Waals surface area contributed by atoms with E-state index in [1.54, 1.807) is 0 Å². The predicted molar refractivity (Wildman–Crippen MR) is 49.2 cm³/mol. The smallest absolute Gasteiger partial charge is 0.303 e. The van der Waals surface area contributed by atoms with Crippen LogP contribution >= 0.6 is 7.82 Å². The Morgan fingerprint density at radius 1 is 1.31 bits per heavy atom. The quantitative estimate of drug-likeness (QED) is 0.681. The molecule has 4 nitrogen and oxygen atoms in total. The largest absolute Gasteiger partial charge is 0.469 e. The summed E-state index contributed by atoms with van der Waals surface area (Å²) < 4.78 is 15.2. The minimum atomic E-state index is -4.28. The number of hydrogen-bond acceptors (Lipinski definition) is 2. The molecule has 0 aromatic rings. The molecular weight excluding hydrogens is 191 g/mol. The summed E-state index contributed by atoms with van der Waals surface area (Å²) in [6.45, 7) is 4.33. The fourth-order valence-corrected chi connectivity index (χ4v) is 2.27. The predicted octanol–water partition coefficient (Wildman–Crippen LogP) is 2.06. The van der Waals surface area contributed by atoms with Gasteiger partial charge in [-0.15, -0.1) is 0 Å². The van der Waals surface area contributed by atoms with Gasteiger partial charge in [-0.25, -0.2) is 4.57 Å². The zero-order valence-electron chi connectivity index (χ0n) is 8.06. The van der Waals surface area contributed by atoms with Crippen molar-refractivity contribution in [3.8, 4) is 0 Å². The molecule has 1 aliphatic carbocycles. The van der Waals surface area contributed by atoms with Crippen LogP contribution < -0.4 is 0 Å². The van der Waals surface area contributed by atoms with Gasteiger partial charge in [0.15, 0.2) is 0 Å². The Morgan fingerprint density at radius 3 is 2.15 bits per heavy atom. The molecule has 13 heavy (non-hydrogen) atoms. The third kappa shape index (κ3) is 4.23. The average Bonchev–Trinajstić information content (AvgIpc) is 1.91. The van der Waals surface area contributed by atoms with Crippen LogP contribution in [0.1, 0.15) is 39.5 Å². The zero-order valence-corrected chi connectivity index (χ0v) is 8.96. The van der Waals surface area contributed by atoms with Crippen molar-refractivity contribution >= 4 is 7.82 Å². The van der Waals surface area contributed by atoms with Crippen molar-refractivity contribution in [3.05, 3.63) is 0 Å². The summed E-state index contributed by atoms with van der Waals surface area (Å²) in [5.41, 5.74) is 0.300. The molecule has 0 unspecified atom stereocenters. The second kappa shape index (κ2) is 3.70. The van der Waals surface area contributed by atoms with Gasteiger partial charge in [0.2, 0.25) is 0 Å². The van der Waals surface area contributed by atoms with E-state index in [0.717, 1.165) is 25.7 Å². The molecule has 2 N–H and O–H groups in total. The van der Waals surface area contributed by atoms with Crippen LogP contribution in [0.2, 0.25) is 0 Å². The van der Waals surface area contributed by atoms with Gasteiger partial charge in [0.05, 0.1) is 6.10 Å². The molecule has 0 atom stereocenters. The summed E-state index contributed by atoms with van der Waals surface area (Å²) in [7, 11) is -4.28. The molecule has 0 amide bonds. The van der Waals surface area contributed by atoms with Gasteiger partial charge in [-0.1, -0.05) is 13.8 Å². The van der Waals surface area contributed by atoms with Crippen LogP contribution in [0.15, 0.2) is 0 Å². The van der Waals surface area contributed by atoms with E-state index >= 15 is 0 Å². The topological polar surface area (TPSA) is 66.8 Å². The summed E-state index contributed by atoms with van der Waals surface area (Å²) in [5.74, 6) is 0.